The third-order valence-electron chi connectivity index (χ3n) is 1.38. The number of nitrogens with zero attached hydrogens (tertiary/aromatic N) is 1. The Balaban J connectivity index is 3.35. The molecule has 0 N–H and O–H groups in total. The highest BCUT2D eigenvalue weighted by Crippen LogP contribution is 2.27. The molecular formula is C7H3F2I2NO. The van der Waals surface area contributed by atoms with E-state index in [9.17, 15) is 13.6 Å². The molecule has 0 radical (unpaired) electrons. The maximum Gasteiger partial charge on any atom is 0.266 e. The lowest BCUT2D eigenvalue weighted by molar-refractivity contribution is 0.112. The number of hydrogen-bond acceptors (Lipinski definition) is 2. The molecule has 0 atom stereocenters. The van der Waals surface area contributed by atoms with Crippen molar-refractivity contribution < 1.29 is 13.6 Å². The lowest BCUT2D eigenvalue weighted by Gasteiger charge is -2.05. The Bertz CT molecular complexity index is 344. The van der Waals surface area contributed by atoms with Gasteiger partial charge in [0.2, 0.25) is 0 Å². The van der Waals surface area contributed by atoms with Crippen molar-refractivity contribution in [1.82, 2.24) is 4.98 Å². The number of rotatable bonds is 2. The zero-order chi connectivity index (χ0) is 10.0. The number of carbonyl (C=O) groups is 1. The minimum Gasteiger partial charge on any atom is -0.298 e. The predicted octanol–water partition coefficient (Wildman–Crippen LogP) is 3.04. The Labute approximate surface area is 100 Å². The Morgan fingerprint density at radius 3 is 2.54 bits per heavy atom. The van der Waals surface area contributed by atoms with Gasteiger partial charge in [0, 0.05) is 9.77 Å². The monoisotopic (exact) mass is 409 g/mol. The van der Waals surface area contributed by atoms with Crippen LogP contribution in [0.4, 0.5) is 8.78 Å². The first-order valence-electron chi connectivity index (χ1n) is 3.15. The highest BCUT2D eigenvalue weighted by atomic mass is 127. The number of aldehydes is 1. The van der Waals surface area contributed by atoms with Gasteiger partial charge < -0.3 is 0 Å². The van der Waals surface area contributed by atoms with Crippen LogP contribution in [0.2, 0.25) is 0 Å². The molecule has 1 rings (SSSR count). The van der Waals surface area contributed by atoms with Gasteiger partial charge in [-0.05, 0) is 45.2 Å². The summed E-state index contributed by atoms with van der Waals surface area (Å²) in [4.78, 5) is 14.2. The van der Waals surface area contributed by atoms with E-state index in [1.54, 1.807) is 22.6 Å². The second-order valence-corrected chi connectivity index (χ2v) is 4.25. The fourth-order valence-corrected chi connectivity index (χ4v) is 2.56. The van der Waals surface area contributed by atoms with Gasteiger partial charge in [0.25, 0.3) is 6.43 Å². The molecule has 0 saturated heterocycles. The van der Waals surface area contributed by atoms with Crippen molar-refractivity contribution in [2.45, 2.75) is 6.43 Å². The maximum absolute atomic E-state index is 12.3. The molecule has 1 aromatic rings. The number of hydrogen-bond donors (Lipinski definition) is 0. The molecule has 0 aliphatic rings. The summed E-state index contributed by atoms with van der Waals surface area (Å²) in [5.41, 5.74) is 0.0436. The topological polar surface area (TPSA) is 30.0 Å². The molecule has 0 aliphatic heterocycles. The molecule has 0 aromatic carbocycles. The van der Waals surface area contributed by atoms with E-state index >= 15 is 0 Å². The lowest BCUT2D eigenvalue weighted by Crippen LogP contribution is -2.00. The van der Waals surface area contributed by atoms with Crippen LogP contribution in [0, 0.1) is 7.27 Å². The molecule has 0 unspecified atom stereocenters. The quantitative estimate of drug-likeness (QED) is 0.427. The van der Waals surface area contributed by atoms with E-state index in [1.165, 1.54) is 0 Å². The third-order valence-corrected chi connectivity index (χ3v) is 3.45. The van der Waals surface area contributed by atoms with Gasteiger partial charge in [-0.15, -0.1) is 0 Å². The van der Waals surface area contributed by atoms with Crippen molar-refractivity contribution in [3.8, 4) is 0 Å². The van der Waals surface area contributed by atoms with Crippen LogP contribution >= 0.6 is 45.2 Å². The number of aromatic nitrogens is 1. The molecule has 0 fully saturated rings. The van der Waals surface area contributed by atoms with Crippen LogP contribution < -0.4 is 0 Å². The first kappa shape index (κ1) is 11.2. The fourth-order valence-electron chi connectivity index (χ4n) is 0.751. The Morgan fingerprint density at radius 1 is 1.46 bits per heavy atom. The summed E-state index contributed by atoms with van der Waals surface area (Å²) < 4.78 is 25.4. The van der Waals surface area contributed by atoms with Crippen molar-refractivity contribution >= 4 is 51.5 Å². The van der Waals surface area contributed by atoms with Crippen LogP contribution in [0.1, 0.15) is 22.3 Å². The van der Waals surface area contributed by atoms with E-state index < -0.39 is 6.43 Å². The Morgan fingerprint density at radius 2 is 2.08 bits per heavy atom. The van der Waals surface area contributed by atoms with E-state index in [0.29, 0.717) is 9.99 Å². The van der Waals surface area contributed by atoms with Crippen LogP contribution in [-0.4, -0.2) is 11.3 Å². The standard InChI is InChI=1S/C7H3F2I2NO/c8-6(9)3-1-12-7(11)4(2-13)5(3)10/h1-2,6H. The van der Waals surface area contributed by atoms with Crippen LogP contribution in [0.5, 0.6) is 0 Å². The van der Waals surface area contributed by atoms with Crippen molar-refractivity contribution in [3.05, 3.63) is 24.6 Å². The van der Waals surface area contributed by atoms with Gasteiger partial charge in [-0.25, -0.2) is 13.8 Å². The Hall–Kier alpha value is 0.140. The summed E-state index contributed by atoms with van der Waals surface area (Å²) in [7, 11) is 0. The van der Waals surface area contributed by atoms with E-state index in [1.807, 2.05) is 22.6 Å². The summed E-state index contributed by atoms with van der Waals surface area (Å²) in [6.07, 6.45) is -0.945. The molecule has 1 heterocycles. The van der Waals surface area contributed by atoms with Gasteiger partial charge in [0.05, 0.1) is 11.1 Å². The highest BCUT2D eigenvalue weighted by Gasteiger charge is 2.16. The molecular weight excluding hydrogens is 406 g/mol. The second-order valence-electron chi connectivity index (χ2n) is 2.15. The van der Waals surface area contributed by atoms with Gasteiger partial charge >= 0.3 is 0 Å². The molecule has 0 amide bonds. The average molecular weight is 409 g/mol. The van der Waals surface area contributed by atoms with Gasteiger partial charge in [0.15, 0.2) is 6.29 Å². The minimum atomic E-state index is -2.59. The average Bonchev–Trinajstić information content (AvgIpc) is 2.04. The summed E-state index contributed by atoms with van der Waals surface area (Å²) in [6, 6.07) is 0. The molecule has 0 bridgehead atoms. The number of pyridine rings is 1. The maximum atomic E-state index is 12.3. The van der Waals surface area contributed by atoms with Gasteiger partial charge in [-0.3, -0.25) is 4.79 Å². The van der Waals surface area contributed by atoms with Gasteiger partial charge in [-0.1, -0.05) is 0 Å². The molecule has 6 heteroatoms. The smallest absolute Gasteiger partial charge is 0.266 e. The van der Waals surface area contributed by atoms with Crippen molar-refractivity contribution in [2.75, 3.05) is 0 Å². The van der Waals surface area contributed by atoms with Gasteiger partial charge in [0.1, 0.15) is 3.70 Å². The molecule has 0 saturated carbocycles. The summed E-state index contributed by atoms with van der Waals surface area (Å²) in [5, 5.41) is 0. The van der Waals surface area contributed by atoms with Crippen molar-refractivity contribution in [2.24, 2.45) is 0 Å². The van der Waals surface area contributed by atoms with Crippen LogP contribution in [0.25, 0.3) is 0 Å². The second kappa shape index (κ2) is 4.58. The fraction of sp³-hybridized carbons (Fsp3) is 0.143. The van der Waals surface area contributed by atoms with E-state index in [4.69, 9.17) is 0 Å². The first-order valence-corrected chi connectivity index (χ1v) is 5.31. The third kappa shape index (κ3) is 2.33. The zero-order valence-electron chi connectivity index (χ0n) is 6.10. The number of halogens is 4. The summed E-state index contributed by atoms with van der Waals surface area (Å²) >= 11 is 3.56. The largest absolute Gasteiger partial charge is 0.298 e. The molecule has 0 aliphatic carbocycles. The molecule has 1 aromatic heterocycles. The SMILES string of the molecule is O=Cc1c(I)ncc(C(F)F)c1I. The highest BCUT2D eigenvalue weighted by molar-refractivity contribution is 14.1. The van der Waals surface area contributed by atoms with E-state index in [-0.39, 0.29) is 14.7 Å². The Kier molecular flexibility index (Phi) is 3.95. The summed E-state index contributed by atoms with van der Waals surface area (Å²) in [5.74, 6) is 0. The van der Waals surface area contributed by atoms with Crippen LogP contribution in [0.15, 0.2) is 6.20 Å². The van der Waals surface area contributed by atoms with E-state index in [0.717, 1.165) is 6.20 Å². The van der Waals surface area contributed by atoms with Crippen molar-refractivity contribution in [3.63, 3.8) is 0 Å². The molecule has 13 heavy (non-hydrogen) atoms. The normalized spacial score (nSPS) is 10.5. The zero-order valence-corrected chi connectivity index (χ0v) is 10.4. The van der Waals surface area contributed by atoms with Crippen LogP contribution in [0.3, 0.4) is 0 Å². The molecule has 70 valence electrons. The lowest BCUT2D eigenvalue weighted by atomic mass is 10.2. The molecule has 2 nitrogen and oxygen atoms in total. The number of carbonyl (C=O) groups excluding carboxylic acids is 1. The summed E-state index contributed by atoms with van der Waals surface area (Å²) in [6.45, 7) is 0. The van der Waals surface area contributed by atoms with Crippen molar-refractivity contribution in [1.29, 1.82) is 0 Å². The molecule has 0 spiro atoms. The number of alkyl halides is 2. The first-order chi connectivity index (χ1) is 6.07. The van der Waals surface area contributed by atoms with Crippen LogP contribution in [-0.2, 0) is 0 Å². The minimum absolute atomic E-state index is 0.192. The van der Waals surface area contributed by atoms with Gasteiger partial charge in [-0.2, -0.15) is 0 Å². The predicted molar refractivity (Wildman–Crippen MR) is 60.0 cm³/mol. The van der Waals surface area contributed by atoms with E-state index in [2.05, 4.69) is 4.98 Å².